The Morgan fingerprint density at radius 1 is 0.897 bits per heavy atom. The molecule has 6 nitrogen and oxygen atoms in total. The van der Waals surface area contributed by atoms with Crippen LogP contribution in [0.3, 0.4) is 0 Å². The molecule has 0 radical (unpaired) electrons. The number of aromatic nitrogens is 1. The van der Waals surface area contributed by atoms with E-state index in [9.17, 15) is 27.9 Å². The van der Waals surface area contributed by atoms with E-state index in [0.717, 1.165) is 29.3 Å². The first-order chi connectivity index (χ1) is 18.6. The molecule has 1 aromatic heterocycles. The second-order valence-corrected chi connectivity index (χ2v) is 10.6. The van der Waals surface area contributed by atoms with Gasteiger partial charge in [-0.1, -0.05) is 23.8 Å². The highest BCUT2D eigenvalue weighted by atomic mass is 19.1. The standard InChI is InChI=1S/C30H30F3N3O3/c1-18-6-7-19(2)20(16-18)28(38)36-13-10-25(37)30(17-36)11-14-35(15-12-30)29(39)24-9-8-23(33)27(34-24)26-21(31)4-3-5-22(26)32/h3-9,16,25,37H,10-15,17H2,1-2H3. The van der Waals surface area contributed by atoms with Gasteiger partial charge in [0.2, 0.25) is 0 Å². The first kappa shape index (κ1) is 26.9. The van der Waals surface area contributed by atoms with Crippen LogP contribution in [0.2, 0.25) is 0 Å². The van der Waals surface area contributed by atoms with Gasteiger partial charge in [-0.15, -0.1) is 0 Å². The predicted octanol–water partition coefficient (Wildman–Crippen LogP) is 4.91. The maximum atomic E-state index is 14.5. The zero-order valence-corrected chi connectivity index (χ0v) is 21.9. The topological polar surface area (TPSA) is 73.7 Å². The fourth-order valence-electron chi connectivity index (χ4n) is 5.73. The number of benzene rings is 2. The molecule has 3 aromatic rings. The minimum atomic E-state index is -0.975. The highest BCUT2D eigenvalue weighted by molar-refractivity contribution is 5.96. The molecule has 2 aliphatic heterocycles. The van der Waals surface area contributed by atoms with Crippen molar-refractivity contribution in [3.8, 4) is 11.3 Å². The van der Waals surface area contributed by atoms with Gasteiger partial charge < -0.3 is 14.9 Å². The normalized spacial score (nSPS) is 18.9. The number of piperidine rings is 2. The molecule has 2 fully saturated rings. The highest BCUT2D eigenvalue weighted by Gasteiger charge is 2.46. The number of pyridine rings is 1. The number of amides is 2. The van der Waals surface area contributed by atoms with Crippen LogP contribution in [0.1, 0.15) is 51.2 Å². The number of aliphatic hydroxyl groups is 1. The third-order valence-electron chi connectivity index (χ3n) is 8.11. The molecular weight excluding hydrogens is 507 g/mol. The van der Waals surface area contributed by atoms with E-state index in [1.807, 2.05) is 32.0 Å². The molecule has 1 atom stereocenters. The van der Waals surface area contributed by atoms with Gasteiger partial charge in [0.25, 0.3) is 11.8 Å². The van der Waals surface area contributed by atoms with Crippen LogP contribution in [-0.4, -0.2) is 64.0 Å². The molecule has 2 aliphatic rings. The van der Waals surface area contributed by atoms with Crippen molar-refractivity contribution in [3.05, 3.63) is 88.4 Å². The average Bonchev–Trinajstić information content (AvgIpc) is 2.92. The number of carbonyl (C=O) groups excluding carboxylic acids is 2. The number of hydrogen-bond acceptors (Lipinski definition) is 4. The molecule has 1 N–H and O–H groups in total. The number of likely N-dealkylation sites (tertiary alicyclic amines) is 2. The zero-order chi connectivity index (χ0) is 27.9. The van der Waals surface area contributed by atoms with E-state index in [-0.39, 0.29) is 11.6 Å². The molecule has 9 heteroatoms. The summed E-state index contributed by atoms with van der Waals surface area (Å²) >= 11 is 0. The first-order valence-corrected chi connectivity index (χ1v) is 13.0. The summed E-state index contributed by atoms with van der Waals surface area (Å²) in [5.74, 6) is -3.44. The lowest BCUT2D eigenvalue weighted by atomic mass is 9.70. The average molecular weight is 538 g/mol. The Morgan fingerprint density at radius 3 is 2.28 bits per heavy atom. The second kappa shape index (κ2) is 10.4. The Labute approximate surface area is 225 Å². The number of aliphatic hydroxyl groups excluding tert-OH is 1. The SMILES string of the molecule is Cc1ccc(C)c(C(=O)N2CCC(O)C3(CCN(C(=O)c4ccc(F)c(-c5c(F)cccc5F)n4)CC3)C2)c1. The smallest absolute Gasteiger partial charge is 0.272 e. The van der Waals surface area contributed by atoms with Crippen molar-refractivity contribution < 1.29 is 27.9 Å². The van der Waals surface area contributed by atoms with E-state index in [0.29, 0.717) is 51.0 Å². The molecule has 204 valence electrons. The summed E-state index contributed by atoms with van der Waals surface area (Å²) in [6.07, 6.45) is 0.762. The van der Waals surface area contributed by atoms with Crippen molar-refractivity contribution in [3.63, 3.8) is 0 Å². The molecule has 2 amide bonds. The number of rotatable bonds is 3. The minimum Gasteiger partial charge on any atom is -0.392 e. The first-order valence-electron chi connectivity index (χ1n) is 13.0. The van der Waals surface area contributed by atoms with Gasteiger partial charge in [0.05, 0.1) is 11.7 Å². The Kier molecular flexibility index (Phi) is 7.20. The van der Waals surface area contributed by atoms with Crippen LogP contribution in [0, 0.1) is 36.7 Å². The quantitative estimate of drug-likeness (QED) is 0.515. The Bertz CT molecular complexity index is 1420. The summed E-state index contributed by atoms with van der Waals surface area (Å²) in [4.78, 5) is 34.0. The van der Waals surface area contributed by atoms with Gasteiger partial charge in [-0.05, 0) is 69.0 Å². The molecule has 0 bridgehead atoms. The summed E-state index contributed by atoms with van der Waals surface area (Å²) in [5.41, 5.74) is 0.680. The van der Waals surface area contributed by atoms with Crippen molar-refractivity contribution >= 4 is 11.8 Å². The van der Waals surface area contributed by atoms with E-state index < -0.39 is 46.1 Å². The van der Waals surface area contributed by atoms with Gasteiger partial charge in [0.15, 0.2) is 0 Å². The summed E-state index contributed by atoms with van der Waals surface area (Å²) in [5, 5.41) is 11.0. The third-order valence-corrected chi connectivity index (χ3v) is 8.11. The van der Waals surface area contributed by atoms with Crippen LogP contribution in [0.25, 0.3) is 11.3 Å². The second-order valence-electron chi connectivity index (χ2n) is 10.6. The van der Waals surface area contributed by atoms with E-state index in [1.54, 1.807) is 9.80 Å². The molecule has 0 aliphatic carbocycles. The van der Waals surface area contributed by atoms with Gasteiger partial charge >= 0.3 is 0 Å². The molecule has 2 saturated heterocycles. The summed E-state index contributed by atoms with van der Waals surface area (Å²) in [7, 11) is 0. The van der Waals surface area contributed by atoms with Crippen molar-refractivity contribution in [1.29, 1.82) is 0 Å². The molecule has 1 unspecified atom stereocenters. The third kappa shape index (κ3) is 5.03. The van der Waals surface area contributed by atoms with Gasteiger partial charge in [0, 0.05) is 37.2 Å². The van der Waals surface area contributed by atoms with Gasteiger partial charge in [-0.25, -0.2) is 18.2 Å². The van der Waals surface area contributed by atoms with Crippen LogP contribution in [-0.2, 0) is 0 Å². The fourth-order valence-corrected chi connectivity index (χ4v) is 5.73. The number of hydrogen-bond donors (Lipinski definition) is 1. The van der Waals surface area contributed by atoms with Crippen LogP contribution in [0.5, 0.6) is 0 Å². The predicted molar refractivity (Wildman–Crippen MR) is 140 cm³/mol. The Hall–Kier alpha value is -3.72. The lowest BCUT2D eigenvalue weighted by Crippen LogP contribution is -2.58. The molecule has 2 aromatic carbocycles. The van der Waals surface area contributed by atoms with Crippen molar-refractivity contribution in [2.45, 2.75) is 39.2 Å². The zero-order valence-electron chi connectivity index (χ0n) is 21.9. The lowest BCUT2D eigenvalue weighted by Gasteiger charge is -2.50. The van der Waals surface area contributed by atoms with Crippen molar-refractivity contribution in [2.24, 2.45) is 5.41 Å². The van der Waals surface area contributed by atoms with E-state index >= 15 is 0 Å². The van der Waals surface area contributed by atoms with Gasteiger partial charge in [-0.2, -0.15) is 0 Å². The maximum Gasteiger partial charge on any atom is 0.272 e. The summed E-state index contributed by atoms with van der Waals surface area (Å²) in [6, 6.07) is 11.1. The number of carbonyl (C=O) groups is 2. The fraction of sp³-hybridized carbons (Fsp3) is 0.367. The Morgan fingerprint density at radius 2 is 1.59 bits per heavy atom. The highest BCUT2D eigenvalue weighted by Crippen LogP contribution is 2.41. The van der Waals surface area contributed by atoms with Crippen molar-refractivity contribution in [1.82, 2.24) is 14.8 Å². The van der Waals surface area contributed by atoms with E-state index in [1.165, 1.54) is 12.1 Å². The van der Waals surface area contributed by atoms with Gasteiger partial charge in [0.1, 0.15) is 28.8 Å². The van der Waals surface area contributed by atoms with Crippen LogP contribution in [0.4, 0.5) is 13.2 Å². The van der Waals surface area contributed by atoms with Crippen LogP contribution < -0.4 is 0 Å². The largest absolute Gasteiger partial charge is 0.392 e. The number of aryl methyl sites for hydroxylation is 2. The number of nitrogens with zero attached hydrogens (tertiary/aromatic N) is 3. The summed E-state index contributed by atoms with van der Waals surface area (Å²) in [6.45, 7) is 5.27. The van der Waals surface area contributed by atoms with Crippen molar-refractivity contribution in [2.75, 3.05) is 26.2 Å². The summed E-state index contributed by atoms with van der Waals surface area (Å²) < 4.78 is 43.1. The molecule has 3 heterocycles. The lowest BCUT2D eigenvalue weighted by molar-refractivity contribution is -0.0676. The molecule has 1 spiro atoms. The number of halogens is 3. The monoisotopic (exact) mass is 537 g/mol. The van der Waals surface area contributed by atoms with Crippen LogP contribution >= 0.6 is 0 Å². The molecule has 0 saturated carbocycles. The molecular formula is C30H30F3N3O3. The van der Waals surface area contributed by atoms with Gasteiger partial charge in [-0.3, -0.25) is 9.59 Å². The molecule has 5 rings (SSSR count). The molecule has 39 heavy (non-hydrogen) atoms. The minimum absolute atomic E-state index is 0.0654. The van der Waals surface area contributed by atoms with Crippen LogP contribution in [0.15, 0.2) is 48.5 Å². The van der Waals surface area contributed by atoms with E-state index in [2.05, 4.69) is 4.98 Å². The maximum absolute atomic E-state index is 14.5. The Balaban J connectivity index is 1.32. The van der Waals surface area contributed by atoms with E-state index in [4.69, 9.17) is 0 Å².